The third kappa shape index (κ3) is 3.68. The number of anilines is 2. The van der Waals surface area contributed by atoms with Crippen molar-refractivity contribution in [2.45, 2.75) is 13.8 Å². The normalized spacial score (nSPS) is 13.7. The Morgan fingerprint density at radius 1 is 0.903 bits per heavy atom. The van der Waals surface area contributed by atoms with Crippen LogP contribution in [0.2, 0.25) is 0 Å². The smallest absolute Gasteiger partial charge is 0.282 e. The van der Waals surface area contributed by atoms with Crippen molar-refractivity contribution in [3.05, 3.63) is 75.6 Å². The zero-order valence-electron chi connectivity index (χ0n) is 17.7. The van der Waals surface area contributed by atoms with Gasteiger partial charge in [0.2, 0.25) is 0 Å². The molecule has 6 nitrogen and oxygen atoms in total. The summed E-state index contributed by atoms with van der Waals surface area (Å²) in [6.07, 6.45) is 0. The number of benzene rings is 2. The maximum absolute atomic E-state index is 13.5. The summed E-state index contributed by atoms with van der Waals surface area (Å²) < 4.78 is 10.7. The van der Waals surface area contributed by atoms with Crippen LogP contribution in [0.25, 0.3) is 5.57 Å². The van der Waals surface area contributed by atoms with E-state index in [1.165, 1.54) is 18.4 Å². The average molecular weight is 435 g/mol. The topological polar surface area (TPSA) is 67.9 Å². The number of imide groups is 1. The highest BCUT2D eigenvalue weighted by Gasteiger charge is 2.42. The third-order valence-corrected chi connectivity index (χ3v) is 6.14. The minimum absolute atomic E-state index is 0.244. The molecule has 0 spiro atoms. The van der Waals surface area contributed by atoms with E-state index in [-0.39, 0.29) is 5.70 Å². The summed E-state index contributed by atoms with van der Waals surface area (Å²) in [6, 6.07) is 14.5. The van der Waals surface area contributed by atoms with Crippen LogP contribution in [0.1, 0.15) is 16.0 Å². The number of ether oxygens (including phenoxy) is 2. The number of methoxy groups -OCH3 is 2. The van der Waals surface area contributed by atoms with Crippen LogP contribution in [0.5, 0.6) is 11.5 Å². The van der Waals surface area contributed by atoms with Gasteiger partial charge in [-0.1, -0.05) is 12.1 Å². The number of nitrogens with zero attached hydrogens (tertiary/aromatic N) is 1. The fraction of sp³-hybridized carbons (Fsp3) is 0.167. The fourth-order valence-electron chi connectivity index (χ4n) is 3.45. The zero-order chi connectivity index (χ0) is 22.1. The van der Waals surface area contributed by atoms with Gasteiger partial charge in [0.1, 0.15) is 17.2 Å². The van der Waals surface area contributed by atoms with Gasteiger partial charge in [-0.15, -0.1) is 11.3 Å². The van der Waals surface area contributed by atoms with Gasteiger partial charge in [0.15, 0.2) is 0 Å². The number of thiophene rings is 1. The van der Waals surface area contributed by atoms with Crippen LogP contribution in [0.3, 0.4) is 0 Å². The molecule has 0 saturated carbocycles. The Labute approximate surface area is 184 Å². The molecule has 0 bridgehead atoms. The third-order valence-electron chi connectivity index (χ3n) is 5.26. The molecule has 0 aliphatic carbocycles. The van der Waals surface area contributed by atoms with Crippen LogP contribution in [-0.2, 0) is 9.59 Å². The first-order chi connectivity index (χ1) is 14.9. The van der Waals surface area contributed by atoms with E-state index in [9.17, 15) is 9.59 Å². The molecule has 0 unspecified atom stereocenters. The molecule has 1 N–H and O–H groups in total. The van der Waals surface area contributed by atoms with E-state index < -0.39 is 11.8 Å². The van der Waals surface area contributed by atoms with Crippen molar-refractivity contribution in [1.82, 2.24) is 0 Å². The molecule has 3 aromatic rings. The van der Waals surface area contributed by atoms with Crippen LogP contribution in [0, 0.1) is 13.8 Å². The van der Waals surface area contributed by atoms with E-state index in [0.717, 1.165) is 26.6 Å². The summed E-state index contributed by atoms with van der Waals surface area (Å²) in [5.74, 6) is 0.107. The largest absolute Gasteiger partial charge is 0.497 e. The van der Waals surface area contributed by atoms with Gasteiger partial charge in [0.05, 0.1) is 25.5 Å². The molecular weight excluding hydrogens is 412 g/mol. The molecule has 2 aromatic carbocycles. The van der Waals surface area contributed by atoms with E-state index in [2.05, 4.69) is 5.32 Å². The first-order valence-electron chi connectivity index (χ1n) is 9.68. The van der Waals surface area contributed by atoms with Crippen LogP contribution in [0.15, 0.2) is 59.6 Å². The zero-order valence-corrected chi connectivity index (χ0v) is 18.5. The van der Waals surface area contributed by atoms with Crippen LogP contribution < -0.4 is 19.7 Å². The predicted molar refractivity (Wildman–Crippen MR) is 123 cm³/mol. The van der Waals surface area contributed by atoms with E-state index in [1.54, 1.807) is 25.3 Å². The molecular formula is C24H22N2O4S. The van der Waals surface area contributed by atoms with Crippen LogP contribution in [-0.4, -0.2) is 26.0 Å². The van der Waals surface area contributed by atoms with Crippen molar-refractivity contribution in [2.24, 2.45) is 0 Å². The highest BCUT2D eigenvalue weighted by molar-refractivity contribution is 7.11. The molecule has 1 aliphatic heterocycles. The summed E-state index contributed by atoms with van der Waals surface area (Å²) in [5.41, 5.74) is 3.94. The van der Waals surface area contributed by atoms with Gasteiger partial charge in [-0.2, -0.15) is 0 Å². The number of hydrogen-bond acceptors (Lipinski definition) is 6. The maximum atomic E-state index is 13.5. The second-order valence-electron chi connectivity index (χ2n) is 7.13. The minimum Gasteiger partial charge on any atom is -0.497 e. The molecule has 158 valence electrons. The summed E-state index contributed by atoms with van der Waals surface area (Å²) in [7, 11) is 3.04. The second-order valence-corrected chi connectivity index (χ2v) is 8.08. The lowest BCUT2D eigenvalue weighted by Gasteiger charge is -2.19. The highest BCUT2D eigenvalue weighted by Crippen LogP contribution is 2.40. The molecule has 2 amide bonds. The lowest BCUT2D eigenvalue weighted by molar-refractivity contribution is -0.120. The Hall–Kier alpha value is -3.58. The summed E-state index contributed by atoms with van der Waals surface area (Å²) in [5, 5.41) is 5.08. The summed E-state index contributed by atoms with van der Waals surface area (Å²) in [4.78, 5) is 28.9. The molecule has 2 heterocycles. The predicted octanol–water partition coefficient (Wildman–Crippen LogP) is 4.78. The van der Waals surface area contributed by atoms with Crippen molar-refractivity contribution in [2.75, 3.05) is 24.4 Å². The Balaban J connectivity index is 1.81. The van der Waals surface area contributed by atoms with E-state index >= 15 is 0 Å². The molecule has 0 saturated heterocycles. The molecule has 31 heavy (non-hydrogen) atoms. The SMILES string of the molecule is COc1ccc(N2C(=O)C(Nc3ccc(C)c(C)c3)=C(c3cccs3)C2=O)c(OC)c1. The quantitative estimate of drug-likeness (QED) is 0.566. The number of carbonyl (C=O) groups excluding carboxylic acids is 2. The first kappa shape index (κ1) is 20.7. The van der Waals surface area contributed by atoms with Gasteiger partial charge < -0.3 is 14.8 Å². The van der Waals surface area contributed by atoms with Gasteiger partial charge in [0, 0.05) is 16.6 Å². The van der Waals surface area contributed by atoms with Gasteiger partial charge in [0.25, 0.3) is 11.8 Å². The van der Waals surface area contributed by atoms with Gasteiger partial charge in [-0.3, -0.25) is 9.59 Å². The van der Waals surface area contributed by atoms with Gasteiger partial charge in [-0.25, -0.2) is 4.90 Å². The lowest BCUT2D eigenvalue weighted by atomic mass is 10.1. The number of aryl methyl sites for hydroxylation is 2. The number of amides is 2. The fourth-order valence-corrected chi connectivity index (χ4v) is 4.22. The van der Waals surface area contributed by atoms with Gasteiger partial charge in [-0.05, 0) is 60.7 Å². The minimum atomic E-state index is -0.435. The van der Waals surface area contributed by atoms with Crippen molar-refractivity contribution >= 4 is 40.1 Å². The lowest BCUT2D eigenvalue weighted by Crippen LogP contribution is -2.32. The summed E-state index contributed by atoms with van der Waals surface area (Å²) in [6.45, 7) is 4.03. The molecule has 0 atom stereocenters. The molecule has 0 fully saturated rings. The molecule has 4 rings (SSSR count). The Morgan fingerprint density at radius 2 is 1.71 bits per heavy atom. The van der Waals surface area contributed by atoms with E-state index in [1.807, 2.05) is 49.6 Å². The highest BCUT2D eigenvalue weighted by atomic mass is 32.1. The second kappa shape index (κ2) is 8.28. The number of nitrogens with one attached hydrogen (secondary N) is 1. The molecule has 1 aromatic heterocycles. The number of hydrogen-bond donors (Lipinski definition) is 1. The van der Waals surface area contributed by atoms with E-state index in [4.69, 9.17) is 9.47 Å². The Morgan fingerprint density at radius 3 is 2.35 bits per heavy atom. The van der Waals surface area contributed by atoms with Crippen molar-refractivity contribution in [1.29, 1.82) is 0 Å². The average Bonchev–Trinajstić information content (AvgIpc) is 3.37. The van der Waals surface area contributed by atoms with Crippen LogP contribution >= 0.6 is 11.3 Å². The molecule has 1 aliphatic rings. The number of rotatable bonds is 6. The van der Waals surface area contributed by atoms with Crippen LogP contribution in [0.4, 0.5) is 11.4 Å². The Bertz CT molecular complexity index is 1200. The Kier molecular flexibility index (Phi) is 5.52. The van der Waals surface area contributed by atoms with Gasteiger partial charge >= 0.3 is 0 Å². The van der Waals surface area contributed by atoms with Crippen molar-refractivity contribution < 1.29 is 19.1 Å². The van der Waals surface area contributed by atoms with Crippen molar-refractivity contribution in [3.8, 4) is 11.5 Å². The monoisotopic (exact) mass is 434 g/mol. The summed E-state index contributed by atoms with van der Waals surface area (Å²) >= 11 is 1.41. The molecule has 7 heteroatoms. The number of carbonyl (C=O) groups is 2. The molecule has 0 radical (unpaired) electrons. The van der Waals surface area contributed by atoms with Crippen molar-refractivity contribution in [3.63, 3.8) is 0 Å². The first-order valence-corrected chi connectivity index (χ1v) is 10.6. The standard InChI is InChI=1S/C24H22N2O4S/c1-14-7-8-16(12-15(14)2)25-22-21(20-6-5-11-31-20)23(27)26(24(22)28)18-10-9-17(29-3)13-19(18)30-4/h5-13,25H,1-4H3. The maximum Gasteiger partial charge on any atom is 0.282 e. The van der Waals surface area contributed by atoms with E-state index in [0.29, 0.717) is 22.8 Å².